The van der Waals surface area contributed by atoms with E-state index in [-0.39, 0.29) is 0 Å². The number of hydrogen-bond acceptors (Lipinski definition) is 6. The zero-order chi connectivity index (χ0) is 42.0. The molecule has 1 fully saturated rings. The lowest BCUT2D eigenvalue weighted by molar-refractivity contribution is -0.160. The normalized spacial score (nSPS) is 49.0. The van der Waals surface area contributed by atoms with Crippen molar-refractivity contribution in [2.45, 2.75) is 64.9 Å². The van der Waals surface area contributed by atoms with Crippen LogP contribution in [0.1, 0.15) is 89.1 Å². The Hall–Kier alpha value is -1.79. The van der Waals surface area contributed by atoms with Crippen molar-refractivity contribution in [3.05, 3.63) is 23.2 Å². The zero-order valence-corrected chi connectivity index (χ0v) is 16.5. The number of nitrogens with zero attached hydrogens (tertiary/aromatic N) is 1. The number of hydrogen-bond donors (Lipinski definition) is 1. The molecule has 0 radical (unpaired) electrons. The summed E-state index contributed by atoms with van der Waals surface area (Å²) in [5, 5.41) is 0. The van der Waals surface area contributed by atoms with Crippen LogP contribution in [-0.2, 0) is 15.9 Å². The van der Waals surface area contributed by atoms with Crippen LogP contribution < -0.4 is 15.2 Å². The average molecular weight is 442 g/mol. The van der Waals surface area contributed by atoms with E-state index in [2.05, 4.69) is 0 Å². The number of ether oxygens (including phenoxy) is 3. The molecule has 168 valence electrons. The Kier molecular flexibility index (Phi) is 2.35. The smallest absolute Gasteiger partial charge is 0.323 e. The average Bonchev–Trinajstić information content (AvgIpc) is 2.93. The zero-order valence-electron chi connectivity index (χ0n) is 39.5. The van der Waals surface area contributed by atoms with Crippen molar-refractivity contribution in [2.24, 2.45) is 23.4 Å². The molecule has 2 aliphatic rings. The van der Waals surface area contributed by atoms with Crippen LogP contribution in [0.3, 0.4) is 0 Å². The summed E-state index contributed by atoms with van der Waals surface area (Å²) in [6.45, 7) is -8.94. The van der Waals surface area contributed by atoms with Gasteiger partial charge in [0.05, 0.1) is 25.0 Å². The third-order valence-corrected chi connectivity index (χ3v) is 4.36. The SMILES string of the molecule is [2H]c1c(OC([2H])([2H])[2H])c(OC([2H])([2H])[2H])c([2H])c2c1C1N(C([2H])([2H])C2([2H])[2H])C([2H])([2H])C([2H])(C([2H])([2H])C([2H])(C)C([2H])([2H])[2H])C(OC(=O)[C@@H](N)C(C)C)C1([2H])[2H]. The molecule has 30 heavy (non-hydrogen) atoms. The molecule has 0 saturated carbocycles. The van der Waals surface area contributed by atoms with Gasteiger partial charge in [-0.15, -0.1) is 0 Å². The minimum absolute atomic E-state index is 0.393. The number of carbonyl (C=O) groups is 1. The quantitative estimate of drug-likeness (QED) is 0.652. The fourth-order valence-electron chi connectivity index (χ4n) is 2.76. The van der Waals surface area contributed by atoms with E-state index in [1.54, 1.807) is 0 Å². The molecular formula is C24H38N2O4. The van der Waals surface area contributed by atoms with E-state index in [1.807, 2.05) is 0 Å². The Morgan fingerprint density at radius 3 is 2.83 bits per heavy atom. The summed E-state index contributed by atoms with van der Waals surface area (Å²) in [7, 11) is -7.14. The predicted molar refractivity (Wildman–Crippen MR) is 118 cm³/mol. The topological polar surface area (TPSA) is 74.0 Å². The van der Waals surface area contributed by atoms with Gasteiger partial charge in [0.25, 0.3) is 0 Å². The van der Waals surface area contributed by atoms with Crippen LogP contribution in [-0.4, -0.2) is 50.1 Å². The van der Waals surface area contributed by atoms with E-state index in [9.17, 15) is 11.6 Å². The van der Waals surface area contributed by atoms with Gasteiger partial charge >= 0.3 is 5.97 Å². The van der Waals surface area contributed by atoms with Gasteiger partial charge in [-0.3, -0.25) is 9.69 Å². The predicted octanol–water partition coefficient (Wildman–Crippen LogP) is 3.56. The van der Waals surface area contributed by atoms with Gasteiger partial charge in [0.2, 0.25) is 0 Å². The lowest BCUT2D eigenvalue weighted by atomic mass is 9.79. The molecule has 0 spiro atoms. The van der Waals surface area contributed by atoms with Crippen molar-refractivity contribution in [1.82, 2.24) is 4.90 Å². The van der Waals surface area contributed by atoms with Crippen molar-refractivity contribution in [1.29, 1.82) is 0 Å². The molecule has 6 heteroatoms. The molecule has 3 rings (SSSR count). The van der Waals surface area contributed by atoms with Crippen LogP contribution in [0, 0.1) is 17.7 Å². The van der Waals surface area contributed by atoms with E-state index in [1.165, 1.54) is 13.8 Å². The Labute approximate surface area is 213 Å². The molecule has 5 atom stereocenters. The number of piperidine rings is 1. The molecule has 2 aliphatic heterocycles. The van der Waals surface area contributed by atoms with Crippen molar-refractivity contribution < 1.29 is 50.5 Å². The highest BCUT2D eigenvalue weighted by atomic mass is 16.5. The molecule has 2 N–H and O–H groups in total. The van der Waals surface area contributed by atoms with E-state index in [0.29, 0.717) is 6.92 Å². The Bertz CT molecular complexity index is 1620. The lowest BCUT2D eigenvalue weighted by Gasteiger charge is -2.47. The molecular weight excluding hydrogens is 380 g/mol. The van der Waals surface area contributed by atoms with Crippen LogP contribution >= 0.6 is 0 Å². The molecule has 1 aromatic rings. The van der Waals surface area contributed by atoms with Crippen LogP contribution in [0.25, 0.3) is 0 Å². The summed E-state index contributed by atoms with van der Waals surface area (Å²) in [5.74, 6) is -13.2. The summed E-state index contributed by atoms with van der Waals surface area (Å²) >= 11 is 0. The number of nitrogens with two attached hydrogens (primary N) is 1. The van der Waals surface area contributed by atoms with Crippen LogP contribution in [0.2, 0.25) is 0 Å². The van der Waals surface area contributed by atoms with Crippen LogP contribution in [0.5, 0.6) is 11.5 Å². The first-order valence-corrected chi connectivity index (χ1v) is 8.93. The summed E-state index contributed by atoms with van der Waals surface area (Å²) in [5.41, 5.74) is 3.21. The molecule has 4 unspecified atom stereocenters. The molecule has 6 nitrogen and oxygen atoms in total. The second-order valence-corrected chi connectivity index (χ2v) is 6.94. The van der Waals surface area contributed by atoms with Gasteiger partial charge in [0, 0.05) is 51.9 Å². The maximum atomic E-state index is 13.4. The summed E-state index contributed by atoms with van der Waals surface area (Å²) in [6.07, 6.45) is -15.2. The Morgan fingerprint density at radius 2 is 2.17 bits per heavy atom. The van der Waals surface area contributed by atoms with Crippen molar-refractivity contribution in [3.63, 3.8) is 0 Å². The van der Waals surface area contributed by atoms with Crippen molar-refractivity contribution >= 4 is 5.97 Å². The third kappa shape index (κ3) is 4.75. The Morgan fingerprint density at radius 1 is 1.43 bits per heavy atom. The largest absolute Gasteiger partial charge is 0.493 e. The van der Waals surface area contributed by atoms with E-state index in [4.69, 9.17) is 44.6 Å². The standard InChI is InChI=1S/C24H38N2O4/c1-14(2)9-17-13-26-8-7-16-10-21(28-5)22(29-6)11-18(16)19(26)12-20(17)30-24(27)23(25)15(3)4/h10-11,14-15,17,19-20,23H,7-9,12-13,25H2,1-6H3/t17?,19?,20?,23-/m0/s1/i1D3,5D3,6D3,7D2,8D2,9D2,10D,11D,12D2,13D2,14D,17D/t14?,17?,19?,20?,23-. The first kappa shape index (κ1) is 7.38. The summed E-state index contributed by atoms with van der Waals surface area (Å²) < 4.78 is 210. The van der Waals surface area contributed by atoms with Gasteiger partial charge in [-0.05, 0) is 47.8 Å². The van der Waals surface area contributed by atoms with Crippen molar-refractivity contribution in [2.75, 3.05) is 27.1 Å². The molecule has 2 heterocycles. The van der Waals surface area contributed by atoms with Gasteiger partial charge in [0.1, 0.15) is 12.1 Å². The van der Waals surface area contributed by atoms with E-state index in [0.717, 1.165) is 0 Å². The van der Waals surface area contributed by atoms with E-state index < -0.39 is 135 Å². The van der Waals surface area contributed by atoms with Gasteiger partial charge in [-0.25, -0.2) is 0 Å². The second-order valence-electron chi connectivity index (χ2n) is 6.94. The number of rotatable bonds is 7. The minimum Gasteiger partial charge on any atom is -0.493 e. The van der Waals surface area contributed by atoms with Gasteiger partial charge in [0.15, 0.2) is 11.5 Å². The maximum Gasteiger partial charge on any atom is 0.323 e. The fraction of sp³-hybridized carbons (Fsp3) is 0.708. The second kappa shape index (κ2) is 9.56. The number of esters is 1. The first-order chi connectivity index (χ1) is 23.1. The van der Waals surface area contributed by atoms with Crippen molar-refractivity contribution in [3.8, 4) is 11.5 Å². The van der Waals surface area contributed by atoms with Gasteiger partial charge in [-0.1, -0.05) is 27.6 Å². The number of fused-ring (bicyclic) bond motifs is 3. The first-order valence-electron chi connectivity index (χ1n) is 20.4. The Balaban J connectivity index is 2.71. The summed E-state index contributed by atoms with van der Waals surface area (Å²) in [6, 6.07) is -7.60. The number of carbonyl (C=O) groups excluding carboxylic acids is 1. The number of benzene rings is 1. The van der Waals surface area contributed by atoms with Crippen LogP contribution in [0.15, 0.2) is 12.1 Å². The molecule has 1 saturated heterocycles. The fourth-order valence-corrected chi connectivity index (χ4v) is 2.76. The summed E-state index contributed by atoms with van der Waals surface area (Å²) in [4.78, 5) is 13.0. The third-order valence-electron chi connectivity index (χ3n) is 4.36. The van der Waals surface area contributed by atoms with Gasteiger partial charge < -0.3 is 19.9 Å². The minimum atomic E-state index is -4.28. The maximum absolute atomic E-state index is 13.4. The number of methoxy groups -OCH3 is 2. The highest BCUT2D eigenvalue weighted by Crippen LogP contribution is 2.44. The molecule has 1 aromatic carbocycles. The van der Waals surface area contributed by atoms with Gasteiger partial charge in [-0.2, -0.15) is 0 Å². The molecule has 0 bridgehead atoms. The lowest BCUT2D eigenvalue weighted by Crippen LogP contribution is -2.51. The van der Waals surface area contributed by atoms with E-state index >= 15 is 0 Å². The monoisotopic (exact) mass is 441 g/mol. The highest BCUT2D eigenvalue weighted by molar-refractivity contribution is 5.76. The highest BCUT2D eigenvalue weighted by Gasteiger charge is 2.41. The molecule has 0 amide bonds. The van der Waals surface area contributed by atoms with Crippen LogP contribution in [0.4, 0.5) is 0 Å². The molecule has 0 aliphatic carbocycles. The molecule has 0 aromatic heterocycles.